The zero-order chi connectivity index (χ0) is 17.1. The second kappa shape index (κ2) is 7.33. The monoisotopic (exact) mass is 358 g/mol. The Kier molecular flexibility index (Phi) is 4.76. The van der Waals surface area contributed by atoms with E-state index in [9.17, 15) is 4.79 Å². The Bertz CT molecular complexity index is 752. The molecule has 25 heavy (non-hydrogen) atoms. The van der Waals surface area contributed by atoms with E-state index in [1.165, 1.54) is 11.8 Å². The summed E-state index contributed by atoms with van der Waals surface area (Å²) in [7, 11) is 0. The van der Waals surface area contributed by atoms with Crippen LogP contribution < -0.4 is 0 Å². The first-order valence-corrected chi connectivity index (χ1v) is 8.98. The molecule has 6 nitrogen and oxygen atoms in total. The number of morpholine rings is 1. The first-order valence-electron chi connectivity index (χ1n) is 8.17. The van der Waals surface area contributed by atoms with Crippen LogP contribution >= 0.6 is 11.8 Å². The number of amidine groups is 1. The van der Waals surface area contributed by atoms with Crippen molar-refractivity contribution in [2.45, 2.75) is 6.42 Å². The van der Waals surface area contributed by atoms with Crippen LogP contribution in [0.2, 0.25) is 0 Å². The third kappa shape index (κ3) is 3.57. The summed E-state index contributed by atoms with van der Waals surface area (Å²) >= 11 is 1.41. The molecule has 4 rings (SSSR count). The van der Waals surface area contributed by atoms with E-state index in [1.807, 2.05) is 30.3 Å². The fraction of sp³-hybridized carbons (Fsp3) is 0.333. The normalized spacial score (nSPS) is 22.2. The molecule has 3 aliphatic rings. The van der Waals surface area contributed by atoms with Crippen molar-refractivity contribution in [3.05, 3.63) is 58.4 Å². The van der Waals surface area contributed by atoms with Crippen LogP contribution in [0, 0.1) is 0 Å². The fourth-order valence-corrected chi connectivity index (χ4v) is 3.91. The smallest absolute Gasteiger partial charge is 0.286 e. The molecule has 1 aromatic rings. The predicted octanol–water partition coefficient (Wildman–Crippen LogP) is 2.29. The number of benzene rings is 1. The molecule has 1 fully saturated rings. The fourth-order valence-electron chi connectivity index (χ4n) is 2.85. The van der Waals surface area contributed by atoms with Gasteiger partial charge in [0.2, 0.25) is 6.79 Å². The molecule has 3 aliphatic heterocycles. The van der Waals surface area contributed by atoms with Crippen molar-refractivity contribution in [3.8, 4) is 0 Å². The summed E-state index contributed by atoms with van der Waals surface area (Å²) in [5.41, 5.74) is 1.93. The van der Waals surface area contributed by atoms with Crippen molar-refractivity contribution >= 4 is 22.8 Å². The zero-order valence-electron chi connectivity index (χ0n) is 13.6. The summed E-state index contributed by atoms with van der Waals surface area (Å²) in [6, 6.07) is 10.0. The third-order valence-electron chi connectivity index (χ3n) is 4.13. The molecular formula is C18H18N2O4S. The van der Waals surface area contributed by atoms with Crippen LogP contribution in [0.4, 0.5) is 0 Å². The van der Waals surface area contributed by atoms with E-state index >= 15 is 0 Å². The Hall–Kier alpha value is -2.25. The number of aliphatic imine (C=N–C) groups is 1. The average molecular weight is 358 g/mol. The Morgan fingerprint density at radius 1 is 1.20 bits per heavy atom. The van der Waals surface area contributed by atoms with E-state index in [-0.39, 0.29) is 12.7 Å². The van der Waals surface area contributed by atoms with Crippen LogP contribution in [0.25, 0.3) is 0 Å². The largest absolute Gasteiger partial charge is 0.461 e. The van der Waals surface area contributed by atoms with Gasteiger partial charge in [0.15, 0.2) is 10.9 Å². The van der Waals surface area contributed by atoms with Gasteiger partial charge in [-0.05, 0) is 17.3 Å². The van der Waals surface area contributed by atoms with Gasteiger partial charge in [-0.15, -0.1) is 0 Å². The molecule has 1 saturated heterocycles. The summed E-state index contributed by atoms with van der Waals surface area (Å²) < 4.78 is 16.1. The number of nitrogens with zero attached hydrogens (tertiary/aromatic N) is 2. The first-order chi connectivity index (χ1) is 12.3. The van der Waals surface area contributed by atoms with Crippen molar-refractivity contribution < 1.29 is 19.0 Å². The molecular weight excluding hydrogens is 340 g/mol. The van der Waals surface area contributed by atoms with Gasteiger partial charge >= 0.3 is 0 Å². The van der Waals surface area contributed by atoms with E-state index < -0.39 is 0 Å². The van der Waals surface area contributed by atoms with Crippen LogP contribution in [0.5, 0.6) is 0 Å². The number of hydrogen-bond acceptors (Lipinski definition) is 6. The van der Waals surface area contributed by atoms with Crippen molar-refractivity contribution in [3.63, 3.8) is 0 Å². The third-order valence-corrected chi connectivity index (χ3v) is 5.29. The first kappa shape index (κ1) is 16.2. The van der Waals surface area contributed by atoms with E-state index in [0.717, 1.165) is 29.4 Å². The van der Waals surface area contributed by atoms with Gasteiger partial charge in [-0.3, -0.25) is 4.79 Å². The highest BCUT2D eigenvalue weighted by Gasteiger charge is 2.32. The molecule has 0 saturated carbocycles. The second-order valence-corrected chi connectivity index (χ2v) is 6.76. The summed E-state index contributed by atoms with van der Waals surface area (Å²) in [6.07, 6.45) is 2.17. The van der Waals surface area contributed by atoms with E-state index in [4.69, 9.17) is 14.2 Å². The lowest BCUT2D eigenvalue weighted by Gasteiger charge is -2.27. The highest BCUT2D eigenvalue weighted by atomic mass is 32.2. The Labute approximate surface area is 150 Å². The van der Waals surface area contributed by atoms with Crippen molar-refractivity contribution in [2.75, 3.05) is 33.1 Å². The van der Waals surface area contributed by atoms with Crippen LogP contribution in [-0.2, 0) is 25.4 Å². The number of amides is 1. The van der Waals surface area contributed by atoms with Gasteiger partial charge in [0.1, 0.15) is 6.26 Å². The van der Waals surface area contributed by atoms with E-state index in [2.05, 4.69) is 9.89 Å². The molecule has 1 amide bonds. The van der Waals surface area contributed by atoms with Gasteiger partial charge in [0, 0.05) is 25.1 Å². The molecule has 130 valence electrons. The maximum atomic E-state index is 12.6. The number of hydrogen-bond donors (Lipinski definition) is 0. The SMILES string of the molecule is O=C1N=C(N2CCOCC2)SC1=C(Cc1ccccc1)C1=COCO1. The molecule has 0 N–H and O–H groups in total. The summed E-state index contributed by atoms with van der Waals surface area (Å²) in [5, 5.41) is 0.744. The predicted molar refractivity (Wildman–Crippen MR) is 94.7 cm³/mol. The lowest BCUT2D eigenvalue weighted by Crippen LogP contribution is -2.38. The molecule has 0 unspecified atom stereocenters. The number of rotatable bonds is 3. The molecule has 0 aromatic heterocycles. The lowest BCUT2D eigenvalue weighted by atomic mass is 10.0. The number of allylic oxidation sites excluding steroid dienone is 1. The molecule has 7 heteroatoms. The molecule has 0 bridgehead atoms. The minimum atomic E-state index is -0.214. The van der Waals surface area contributed by atoms with Gasteiger partial charge in [0.05, 0.1) is 18.1 Å². The highest BCUT2D eigenvalue weighted by Crippen LogP contribution is 2.36. The number of carbonyl (C=O) groups is 1. The molecule has 0 aliphatic carbocycles. The van der Waals surface area contributed by atoms with Crippen molar-refractivity contribution in [1.82, 2.24) is 4.90 Å². The number of carbonyl (C=O) groups excluding carboxylic acids is 1. The standard InChI is InChI=1S/C18H18N2O4S/c21-17-16(25-18(19-17)20-6-8-22-9-7-20)14(15-11-23-12-24-15)10-13-4-2-1-3-5-13/h1-5,11H,6-10,12H2. The Morgan fingerprint density at radius 2 is 2.00 bits per heavy atom. The number of ether oxygens (including phenoxy) is 3. The van der Waals surface area contributed by atoms with Crippen LogP contribution in [0.1, 0.15) is 5.56 Å². The minimum Gasteiger partial charge on any atom is -0.461 e. The molecule has 0 spiro atoms. The quantitative estimate of drug-likeness (QED) is 0.773. The molecule has 0 atom stereocenters. The minimum absolute atomic E-state index is 0.178. The molecule has 3 heterocycles. The maximum Gasteiger partial charge on any atom is 0.286 e. The van der Waals surface area contributed by atoms with Crippen LogP contribution in [0.3, 0.4) is 0 Å². The Balaban J connectivity index is 1.62. The second-order valence-electron chi connectivity index (χ2n) is 5.78. The van der Waals surface area contributed by atoms with Gasteiger partial charge in [-0.1, -0.05) is 30.3 Å². The van der Waals surface area contributed by atoms with Crippen LogP contribution in [0.15, 0.2) is 57.8 Å². The zero-order valence-corrected chi connectivity index (χ0v) is 14.5. The average Bonchev–Trinajstić information content (AvgIpc) is 3.31. The maximum absolute atomic E-state index is 12.6. The summed E-state index contributed by atoms with van der Waals surface area (Å²) in [5.74, 6) is 0.395. The topological polar surface area (TPSA) is 60.4 Å². The number of thioether (sulfide) groups is 1. The van der Waals surface area contributed by atoms with Gasteiger partial charge in [-0.2, -0.15) is 4.99 Å². The molecule has 1 aromatic carbocycles. The summed E-state index contributed by atoms with van der Waals surface area (Å²) in [6.45, 7) is 3.00. The van der Waals surface area contributed by atoms with Gasteiger partial charge < -0.3 is 19.1 Å². The van der Waals surface area contributed by atoms with Gasteiger partial charge in [0.25, 0.3) is 5.91 Å². The molecule has 0 radical (unpaired) electrons. The summed E-state index contributed by atoms with van der Waals surface area (Å²) in [4.78, 5) is 19.5. The van der Waals surface area contributed by atoms with E-state index in [0.29, 0.717) is 30.3 Å². The van der Waals surface area contributed by atoms with Crippen LogP contribution in [-0.4, -0.2) is 49.1 Å². The van der Waals surface area contributed by atoms with Crippen molar-refractivity contribution in [2.24, 2.45) is 4.99 Å². The van der Waals surface area contributed by atoms with E-state index in [1.54, 1.807) is 6.26 Å². The van der Waals surface area contributed by atoms with Crippen molar-refractivity contribution in [1.29, 1.82) is 0 Å². The van der Waals surface area contributed by atoms with Gasteiger partial charge in [-0.25, -0.2) is 0 Å². The lowest BCUT2D eigenvalue weighted by molar-refractivity contribution is -0.113. The highest BCUT2D eigenvalue weighted by molar-refractivity contribution is 8.18. The Morgan fingerprint density at radius 3 is 2.72 bits per heavy atom.